The SMILES string of the molecule is CC(C)CN(C[C@@H](O)[C@H](Cc1ccccc1)N(C(=O)O)C(C)(C)C)S(=O)(=O)c1ccc(OCc2ccccc2)c([N+](=O)[O-])c1. The third-order valence-corrected chi connectivity index (χ3v) is 8.78. The van der Waals surface area contributed by atoms with Crippen molar-refractivity contribution in [3.05, 3.63) is 100 Å². The van der Waals surface area contributed by atoms with Crippen molar-refractivity contribution in [3.8, 4) is 5.75 Å². The van der Waals surface area contributed by atoms with Crippen LogP contribution in [0, 0.1) is 16.0 Å². The lowest BCUT2D eigenvalue weighted by Crippen LogP contribution is -2.58. The largest absolute Gasteiger partial charge is 0.482 e. The number of rotatable bonds is 14. The molecule has 3 aromatic rings. The number of nitro groups is 1. The van der Waals surface area contributed by atoms with Crippen LogP contribution in [0.15, 0.2) is 83.8 Å². The Morgan fingerprint density at radius 1 is 0.955 bits per heavy atom. The normalized spacial score (nSPS) is 13.5. The van der Waals surface area contributed by atoms with Crippen molar-refractivity contribution in [2.75, 3.05) is 13.1 Å². The minimum atomic E-state index is -4.37. The van der Waals surface area contributed by atoms with E-state index in [1.165, 1.54) is 12.1 Å². The van der Waals surface area contributed by atoms with E-state index in [9.17, 15) is 33.5 Å². The lowest BCUT2D eigenvalue weighted by atomic mass is 9.94. The molecule has 0 aliphatic rings. The first-order chi connectivity index (χ1) is 20.6. The van der Waals surface area contributed by atoms with Crippen LogP contribution in [-0.2, 0) is 23.1 Å². The minimum Gasteiger partial charge on any atom is -0.482 e. The molecule has 11 nitrogen and oxygen atoms in total. The van der Waals surface area contributed by atoms with Crippen molar-refractivity contribution < 1.29 is 33.1 Å². The highest BCUT2D eigenvalue weighted by atomic mass is 32.2. The van der Waals surface area contributed by atoms with Gasteiger partial charge < -0.3 is 14.9 Å². The first-order valence-electron chi connectivity index (χ1n) is 14.3. The lowest BCUT2D eigenvalue weighted by Gasteiger charge is -2.42. The van der Waals surface area contributed by atoms with Gasteiger partial charge in [0.25, 0.3) is 0 Å². The van der Waals surface area contributed by atoms with E-state index in [0.29, 0.717) is 0 Å². The fraction of sp³-hybridized carbons (Fsp3) is 0.406. The molecule has 3 aromatic carbocycles. The van der Waals surface area contributed by atoms with Crippen LogP contribution in [0.3, 0.4) is 0 Å². The molecule has 0 bridgehead atoms. The van der Waals surface area contributed by atoms with E-state index >= 15 is 0 Å². The highest BCUT2D eigenvalue weighted by Crippen LogP contribution is 2.32. The Bertz CT molecular complexity index is 1510. The lowest BCUT2D eigenvalue weighted by molar-refractivity contribution is -0.386. The topological polar surface area (TPSA) is 151 Å². The zero-order valence-electron chi connectivity index (χ0n) is 25.7. The van der Waals surface area contributed by atoms with Gasteiger partial charge in [-0.25, -0.2) is 13.2 Å². The Labute approximate surface area is 258 Å². The summed E-state index contributed by atoms with van der Waals surface area (Å²) in [6, 6.07) is 20.5. The van der Waals surface area contributed by atoms with Gasteiger partial charge in [0.1, 0.15) is 6.61 Å². The second-order valence-corrected chi connectivity index (χ2v) is 14.0. The molecule has 0 aliphatic heterocycles. The Morgan fingerprint density at radius 2 is 1.52 bits per heavy atom. The van der Waals surface area contributed by atoms with Crippen LogP contribution in [-0.4, -0.2) is 69.6 Å². The number of amides is 1. The van der Waals surface area contributed by atoms with E-state index in [1.807, 2.05) is 36.4 Å². The number of aliphatic hydroxyl groups is 1. The van der Waals surface area contributed by atoms with Crippen molar-refractivity contribution in [2.24, 2.45) is 5.92 Å². The average Bonchev–Trinajstić information content (AvgIpc) is 2.95. The van der Waals surface area contributed by atoms with Gasteiger partial charge in [0.05, 0.1) is 22.0 Å². The molecule has 0 fully saturated rings. The van der Waals surface area contributed by atoms with Crippen LogP contribution in [0.1, 0.15) is 45.7 Å². The van der Waals surface area contributed by atoms with Gasteiger partial charge in [0.2, 0.25) is 10.0 Å². The molecule has 12 heteroatoms. The third kappa shape index (κ3) is 9.01. The van der Waals surface area contributed by atoms with Gasteiger partial charge in [-0.1, -0.05) is 74.5 Å². The molecule has 238 valence electrons. The first kappa shape index (κ1) is 34.5. The van der Waals surface area contributed by atoms with Crippen molar-refractivity contribution in [3.63, 3.8) is 0 Å². The summed E-state index contributed by atoms with van der Waals surface area (Å²) in [5, 5.41) is 33.7. The van der Waals surface area contributed by atoms with Crippen LogP contribution in [0.4, 0.5) is 10.5 Å². The van der Waals surface area contributed by atoms with Crippen molar-refractivity contribution in [1.29, 1.82) is 0 Å². The Balaban J connectivity index is 1.98. The molecule has 0 spiro atoms. The predicted molar refractivity (Wildman–Crippen MR) is 167 cm³/mol. The van der Waals surface area contributed by atoms with E-state index in [2.05, 4.69) is 0 Å². The number of hydrogen-bond acceptors (Lipinski definition) is 7. The molecule has 1 amide bonds. The minimum absolute atomic E-state index is 0.0138. The van der Waals surface area contributed by atoms with Gasteiger partial charge >= 0.3 is 11.8 Å². The second-order valence-electron chi connectivity index (χ2n) is 12.0. The Morgan fingerprint density at radius 3 is 2.02 bits per heavy atom. The van der Waals surface area contributed by atoms with Crippen LogP contribution in [0.2, 0.25) is 0 Å². The van der Waals surface area contributed by atoms with Crippen LogP contribution in [0.25, 0.3) is 0 Å². The summed E-state index contributed by atoms with van der Waals surface area (Å²) in [6.45, 7) is 8.32. The quantitative estimate of drug-likeness (QED) is 0.174. The summed E-state index contributed by atoms with van der Waals surface area (Å²) < 4.78 is 34.7. The monoisotopic (exact) mass is 627 g/mol. The average molecular weight is 628 g/mol. The van der Waals surface area contributed by atoms with Crippen LogP contribution >= 0.6 is 0 Å². The summed E-state index contributed by atoms with van der Waals surface area (Å²) in [5.41, 5.74) is 0.127. The number of carboxylic acid groups (broad SMARTS) is 1. The van der Waals surface area contributed by atoms with Gasteiger partial charge in [0.15, 0.2) is 5.75 Å². The van der Waals surface area contributed by atoms with E-state index < -0.39 is 51.0 Å². The van der Waals surface area contributed by atoms with Gasteiger partial charge in [-0.2, -0.15) is 4.31 Å². The standard InChI is InChI=1S/C32H41N3O8S/c1-23(2)20-33(21-29(36)27(18-24-12-8-6-9-13-24)34(31(37)38)32(3,4)5)44(41,42)26-16-17-30(28(19-26)35(39)40)43-22-25-14-10-7-11-15-25/h6-17,19,23,27,29,36H,18,20-22H2,1-5H3,(H,37,38)/t27-,29+/m0/s1. The second kappa shape index (κ2) is 14.7. The van der Waals surface area contributed by atoms with E-state index in [4.69, 9.17) is 4.74 Å². The molecule has 0 heterocycles. The summed E-state index contributed by atoms with van der Waals surface area (Å²) >= 11 is 0. The fourth-order valence-corrected chi connectivity index (χ4v) is 6.64. The Kier molecular flexibility index (Phi) is 11.5. The smallest absolute Gasteiger partial charge is 0.408 e. The molecule has 2 atom stereocenters. The van der Waals surface area contributed by atoms with E-state index in [1.54, 1.807) is 58.9 Å². The van der Waals surface area contributed by atoms with Gasteiger partial charge in [-0.05, 0) is 56.4 Å². The zero-order valence-corrected chi connectivity index (χ0v) is 26.5. The van der Waals surface area contributed by atoms with Crippen molar-refractivity contribution in [1.82, 2.24) is 9.21 Å². The first-order valence-corrected chi connectivity index (χ1v) is 15.7. The van der Waals surface area contributed by atoms with Gasteiger partial charge in [-0.15, -0.1) is 0 Å². The highest BCUT2D eigenvalue weighted by Gasteiger charge is 2.40. The number of sulfonamides is 1. The van der Waals surface area contributed by atoms with Crippen molar-refractivity contribution in [2.45, 2.75) is 70.2 Å². The highest BCUT2D eigenvalue weighted by molar-refractivity contribution is 7.89. The number of nitrogens with zero attached hydrogens (tertiary/aromatic N) is 3. The molecule has 0 saturated heterocycles. The number of ether oxygens (including phenoxy) is 1. The fourth-order valence-electron chi connectivity index (χ4n) is 5.00. The summed E-state index contributed by atoms with van der Waals surface area (Å²) in [4.78, 5) is 24.5. The van der Waals surface area contributed by atoms with Crippen LogP contribution < -0.4 is 4.74 Å². The maximum atomic E-state index is 14.0. The third-order valence-electron chi connectivity index (χ3n) is 6.95. The molecule has 3 rings (SSSR count). The summed E-state index contributed by atoms with van der Waals surface area (Å²) in [5.74, 6) is -0.260. The summed E-state index contributed by atoms with van der Waals surface area (Å²) in [6.07, 6.45) is -2.54. The molecule has 0 aromatic heterocycles. The number of hydrogen-bond donors (Lipinski definition) is 2. The molecule has 0 radical (unpaired) electrons. The Hall–Kier alpha value is -4.00. The number of benzene rings is 3. The molecule has 44 heavy (non-hydrogen) atoms. The van der Waals surface area contributed by atoms with Gasteiger partial charge in [0, 0.05) is 24.7 Å². The van der Waals surface area contributed by atoms with Crippen LogP contribution in [0.5, 0.6) is 5.75 Å². The predicted octanol–water partition coefficient (Wildman–Crippen LogP) is 5.57. The number of nitro benzene ring substituents is 1. The van der Waals surface area contributed by atoms with Gasteiger partial charge in [-0.3, -0.25) is 15.0 Å². The summed E-state index contributed by atoms with van der Waals surface area (Å²) in [7, 11) is -4.37. The molecular formula is C32H41N3O8S. The number of aliphatic hydroxyl groups excluding tert-OH is 1. The molecule has 0 saturated carbocycles. The maximum Gasteiger partial charge on any atom is 0.408 e. The molecule has 0 aliphatic carbocycles. The molecule has 2 N–H and O–H groups in total. The number of carbonyl (C=O) groups is 1. The van der Waals surface area contributed by atoms with Crippen molar-refractivity contribution >= 4 is 21.8 Å². The van der Waals surface area contributed by atoms with E-state index in [-0.39, 0.29) is 36.1 Å². The van der Waals surface area contributed by atoms with E-state index in [0.717, 1.165) is 26.4 Å². The maximum absolute atomic E-state index is 14.0. The zero-order chi connectivity index (χ0) is 32.7. The molecule has 0 unspecified atom stereocenters. The molecular weight excluding hydrogens is 586 g/mol.